The molecule has 2 heterocycles. The first kappa shape index (κ1) is 18.1. The van der Waals surface area contributed by atoms with Gasteiger partial charge in [0.05, 0.1) is 22.7 Å². The number of carbonyl (C=O) groups is 1. The first-order valence-electron chi connectivity index (χ1n) is 9.75. The van der Waals surface area contributed by atoms with E-state index in [1.54, 1.807) is 25.4 Å². The van der Waals surface area contributed by atoms with Crippen LogP contribution in [0.3, 0.4) is 0 Å². The molecule has 0 spiro atoms. The fourth-order valence-electron chi connectivity index (χ4n) is 4.08. The van der Waals surface area contributed by atoms with Crippen LogP contribution in [0, 0.1) is 0 Å². The molecule has 0 unspecified atom stereocenters. The molecule has 3 aromatic carbocycles. The Morgan fingerprint density at radius 2 is 1.80 bits per heavy atom. The Hall–Kier alpha value is -3.99. The molecule has 0 radical (unpaired) electrons. The van der Waals surface area contributed by atoms with Gasteiger partial charge in [-0.05, 0) is 42.0 Å². The maximum absolute atomic E-state index is 12.6. The van der Waals surface area contributed by atoms with E-state index in [-0.39, 0.29) is 11.7 Å². The number of furan rings is 1. The summed E-state index contributed by atoms with van der Waals surface area (Å²) in [7, 11) is 1.61. The molecule has 1 amide bonds. The number of hydrogen-bond acceptors (Lipinski definition) is 3. The van der Waals surface area contributed by atoms with Gasteiger partial charge in [-0.15, -0.1) is 0 Å². The molecule has 148 valence electrons. The zero-order chi connectivity index (χ0) is 20.7. The van der Waals surface area contributed by atoms with Gasteiger partial charge in [-0.1, -0.05) is 36.4 Å². The summed E-state index contributed by atoms with van der Waals surface area (Å²) < 4.78 is 7.69. The fourth-order valence-corrected chi connectivity index (χ4v) is 4.08. The van der Waals surface area contributed by atoms with Crippen LogP contribution in [-0.4, -0.2) is 22.6 Å². The molecule has 2 aromatic heterocycles. The van der Waals surface area contributed by atoms with Crippen molar-refractivity contribution < 1.29 is 14.3 Å². The van der Waals surface area contributed by atoms with E-state index in [1.807, 2.05) is 48.5 Å². The molecule has 5 aromatic rings. The number of carbonyl (C=O) groups excluding carboxylic acids is 1. The van der Waals surface area contributed by atoms with Gasteiger partial charge >= 0.3 is 0 Å². The molecule has 0 bridgehead atoms. The molecule has 5 rings (SSSR count). The second kappa shape index (κ2) is 7.12. The Morgan fingerprint density at radius 3 is 2.53 bits per heavy atom. The lowest BCUT2D eigenvalue weighted by Gasteiger charge is -2.09. The monoisotopic (exact) mass is 396 g/mol. The number of aromatic hydroxyl groups is 1. The number of phenols is 1. The van der Waals surface area contributed by atoms with Crippen LogP contribution < -0.4 is 5.32 Å². The van der Waals surface area contributed by atoms with Gasteiger partial charge in [-0.2, -0.15) is 0 Å². The lowest BCUT2D eigenvalue weighted by Crippen LogP contribution is -2.17. The van der Waals surface area contributed by atoms with Crippen LogP contribution in [0.4, 0.5) is 0 Å². The molecular formula is C25H20N2O3. The summed E-state index contributed by atoms with van der Waals surface area (Å²) in [6.07, 6.45) is 1.61. The second-order valence-electron chi connectivity index (χ2n) is 7.22. The number of hydrogen-bond donors (Lipinski definition) is 2. The standard InChI is InChI=1S/C25H20N2O3/c1-26-25(29)18-9-5-10-19-23(18)24-20(27(19)15-16-7-3-2-4-8-16)13-17(14-21(24)28)22-11-6-12-30-22/h2-14,28H,15H2,1H3,(H,26,29). The minimum absolute atomic E-state index is 0.118. The Morgan fingerprint density at radius 1 is 0.967 bits per heavy atom. The maximum Gasteiger partial charge on any atom is 0.251 e. The number of amides is 1. The van der Waals surface area contributed by atoms with Gasteiger partial charge in [0.1, 0.15) is 11.5 Å². The van der Waals surface area contributed by atoms with Crippen molar-refractivity contribution >= 4 is 27.7 Å². The van der Waals surface area contributed by atoms with Crippen LogP contribution in [0.2, 0.25) is 0 Å². The summed E-state index contributed by atoms with van der Waals surface area (Å²) >= 11 is 0. The molecule has 30 heavy (non-hydrogen) atoms. The van der Waals surface area contributed by atoms with Crippen molar-refractivity contribution in [3.05, 3.63) is 90.2 Å². The molecule has 0 aliphatic heterocycles. The highest BCUT2D eigenvalue weighted by molar-refractivity contribution is 6.20. The highest BCUT2D eigenvalue weighted by atomic mass is 16.3. The average molecular weight is 396 g/mol. The molecule has 0 saturated heterocycles. The number of aromatic nitrogens is 1. The zero-order valence-electron chi connectivity index (χ0n) is 16.4. The van der Waals surface area contributed by atoms with E-state index in [0.717, 1.165) is 27.5 Å². The largest absolute Gasteiger partial charge is 0.507 e. The lowest BCUT2D eigenvalue weighted by molar-refractivity contribution is 0.0965. The predicted molar refractivity (Wildman–Crippen MR) is 118 cm³/mol. The fraction of sp³-hybridized carbons (Fsp3) is 0.0800. The van der Waals surface area contributed by atoms with E-state index < -0.39 is 0 Å². The minimum atomic E-state index is -0.186. The molecule has 0 atom stereocenters. The van der Waals surface area contributed by atoms with Crippen molar-refractivity contribution in [3.63, 3.8) is 0 Å². The van der Waals surface area contributed by atoms with Crippen LogP contribution in [0.5, 0.6) is 5.75 Å². The molecular weight excluding hydrogens is 376 g/mol. The number of phenolic OH excluding ortho intramolecular Hbond substituents is 1. The molecule has 0 saturated carbocycles. The maximum atomic E-state index is 12.6. The van der Waals surface area contributed by atoms with Crippen LogP contribution in [0.1, 0.15) is 15.9 Å². The van der Waals surface area contributed by atoms with Gasteiger partial charge in [-0.25, -0.2) is 0 Å². The summed E-state index contributed by atoms with van der Waals surface area (Å²) in [5, 5.41) is 15.1. The van der Waals surface area contributed by atoms with Crippen molar-refractivity contribution in [1.29, 1.82) is 0 Å². The van der Waals surface area contributed by atoms with Crippen molar-refractivity contribution in [2.24, 2.45) is 0 Å². The van der Waals surface area contributed by atoms with Crippen LogP contribution in [0.25, 0.3) is 33.1 Å². The predicted octanol–water partition coefficient (Wildman–Crippen LogP) is 5.17. The van der Waals surface area contributed by atoms with E-state index in [0.29, 0.717) is 23.3 Å². The summed E-state index contributed by atoms with van der Waals surface area (Å²) in [6.45, 7) is 0.610. The smallest absolute Gasteiger partial charge is 0.251 e. The van der Waals surface area contributed by atoms with Gasteiger partial charge in [0.25, 0.3) is 5.91 Å². The van der Waals surface area contributed by atoms with E-state index in [1.165, 1.54) is 0 Å². The third-order valence-corrected chi connectivity index (χ3v) is 5.43. The van der Waals surface area contributed by atoms with Crippen molar-refractivity contribution in [2.45, 2.75) is 6.54 Å². The normalized spacial score (nSPS) is 11.2. The number of nitrogens with one attached hydrogen (secondary N) is 1. The molecule has 5 nitrogen and oxygen atoms in total. The highest BCUT2D eigenvalue weighted by Gasteiger charge is 2.21. The number of fused-ring (bicyclic) bond motifs is 3. The summed E-state index contributed by atoms with van der Waals surface area (Å²) in [6, 6.07) is 23.1. The second-order valence-corrected chi connectivity index (χ2v) is 7.22. The number of benzene rings is 3. The third-order valence-electron chi connectivity index (χ3n) is 5.43. The first-order valence-corrected chi connectivity index (χ1v) is 9.75. The summed E-state index contributed by atoms with van der Waals surface area (Å²) in [5.74, 6) is 0.608. The zero-order valence-corrected chi connectivity index (χ0v) is 16.4. The molecule has 5 heteroatoms. The number of nitrogens with zero attached hydrogens (tertiary/aromatic N) is 1. The van der Waals surface area contributed by atoms with Gasteiger partial charge < -0.3 is 19.4 Å². The Balaban J connectivity index is 1.87. The molecule has 2 N–H and O–H groups in total. The number of rotatable bonds is 4. The van der Waals surface area contributed by atoms with E-state index in [2.05, 4.69) is 22.0 Å². The van der Waals surface area contributed by atoms with E-state index in [9.17, 15) is 9.90 Å². The molecule has 0 aliphatic rings. The SMILES string of the molecule is CNC(=O)c1cccc2c1c1c(O)cc(-c3ccco3)cc1n2Cc1ccccc1. The van der Waals surface area contributed by atoms with E-state index in [4.69, 9.17) is 4.42 Å². The van der Waals surface area contributed by atoms with Gasteiger partial charge in [0.15, 0.2) is 0 Å². The Kier molecular flexibility index (Phi) is 4.29. The quantitative estimate of drug-likeness (QED) is 0.440. The van der Waals surface area contributed by atoms with Gasteiger partial charge in [-0.3, -0.25) is 4.79 Å². The average Bonchev–Trinajstić information content (AvgIpc) is 3.41. The van der Waals surface area contributed by atoms with Crippen molar-refractivity contribution in [2.75, 3.05) is 7.05 Å². The highest BCUT2D eigenvalue weighted by Crippen LogP contribution is 2.40. The third kappa shape index (κ3) is 2.83. The van der Waals surface area contributed by atoms with Gasteiger partial charge in [0.2, 0.25) is 0 Å². The van der Waals surface area contributed by atoms with Crippen LogP contribution in [0.15, 0.2) is 83.5 Å². The first-order chi connectivity index (χ1) is 14.7. The summed E-state index contributed by atoms with van der Waals surface area (Å²) in [4.78, 5) is 12.6. The topological polar surface area (TPSA) is 67.4 Å². The molecule has 0 fully saturated rings. The lowest BCUT2D eigenvalue weighted by atomic mass is 10.0. The Labute approximate surface area is 173 Å². The summed E-state index contributed by atoms with van der Waals surface area (Å²) in [5.41, 5.74) is 4.18. The van der Waals surface area contributed by atoms with Crippen molar-refractivity contribution in [3.8, 4) is 17.1 Å². The van der Waals surface area contributed by atoms with Crippen LogP contribution in [-0.2, 0) is 6.54 Å². The minimum Gasteiger partial charge on any atom is -0.507 e. The molecule has 0 aliphatic carbocycles. The van der Waals surface area contributed by atoms with Crippen LogP contribution >= 0.6 is 0 Å². The Bertz CT molecular complexity index is 1370. The van der Waals surface area contributed by atoms with Crippen molar-refractivity contribution in [1.82, 2.24) is 9.88 Å². The van der Waals surface area contributed by atoms with Gasteiger partial charge in [0, 0.05) is 30.1 Å². The van der Waals surface area contributed by atoms with E-state index >= 15 is 0 Å².